The van der Waals surface area contributed by atoms with E-state index in [0.717, 1.165) is 0 Å². The average molecular weight is 248 g/mol. The van der Waals surface area contributed by atoms with Gasteiger partial charge >= 0.3 is 0 Å². The molecule has 0 spiro atoms. The zero-order valence-electron chi connectivity index (χ0n) is 8.19. The van der Waals surface area contributed by atoms with Crippen LogP contribution < -0.4 is 0 Å². The molecule has 0 aliphatic heterocycles. The van der Waals surface area contributed by atoms with Crippen LogP contribution in [0.2, 0.25) is 0 Å². The lowest BCUT2D eigenvalue weighted by Crippen LogP contribution is -2.04. The average Bonchev–Trinajstić information content (AvgIpc) is 2.29. The largest absolute Gasteiger partial charge is 0.352 e. The lowest BCUT2D eigenvalue weighted by atomic mass is 10.1. The van der Waals surface area contributed by atoms with Crippen molar-refractivity contribution in [1.29, 1.82) is 0 Å². The van der Waals surface area contributed by atoms with Gasteiger partial charge < -0.3 is 9.97 Å². The van der Waals surface area contributed by atoms with Crippen LogP contribution in [0.4, 0.5) is 0 Å². The SMILES string of the molecule is O=C(c1ccc[nH]c1=S)c1ccc[nH]c1=S. The van der Waals surface area contributed by atoms with Crippen molar-refractivity contribution in [2.45, 2.75) is 0 Å². The van der Waals surface area contributed by atoms with Gasteiger partial charge in [0.1, 0.15) is 9.28 Å². The Labute approximate surface area is 102 Å². The van der Waals surface area contributed by atoms with Gasteiger partial charge in [-0.05, 0) is 24.3 Å². The van der Waals surface area contributed by atoms with Gasteiger partial charge in [-0.15, -0.1) is 0 Å². The number of aromatic amines is 2. The minimum atomic E-state index is -0.163. The van der Waals surface area contributed by atoms with E-state index in [4.69, 9.17) is 24.4 Å². The van der Waals surface area contributed by atoms with E-state index in [1.54, 1.807) is 36.7 Å². The summed E-state index contributed by atoms with van der Waals surface area (Å²) in [6.45, 7) is 0. The van der Waals surface area contributed by atoms with E-state index in [0.29, 0.717) is 20.4 Å². The molecule has 0 saturated heterocycles. The summed E-state index contributed by atoms with van der Waals surface area (Å²) < 4.78 is 0.844. The Morgan fingerprint density at radius 3 is 1.75 bits per heavy atom. The fourth-order valence-electron chi connectivity index (χ4n) is 1.35. The van der Waals surface area contributed by atoms with Gasteiger partial charge in [0.25, 0.3) is 0 Å². The predicted molar refractivity (Wildman–Crippen MR) is 66.7 cm³/mol. The second kappa shape index (κ2) is 4.51. The lowest BCUT2D eigenvalue weighted by Gasteiger charge is -2.00. The molecule has 2 aromatic heterocycles. The highest BCUT2D eigenvalue weighted by Crippen LogP contribution is 2.10. The molecule has 0 aliphatic rings. The van der Waals surface area contributed by atoms with Gasteiger partial charge in [-0.25, -0.2) is 0 Å². The first-order chi connectivity index (χ1) is 7.70. The van der Waals surface area contributed by atoms with Gasteiger partial charge in [-0.3, -0.25) is 4.79 Å². The fraction of sp³-hybridized carbons (Fsp3) is 0. The number of hydrogen-bond donors (Lipinski definition) is 2. The van der Waals surface area contributed by atoms with E-state index < -0.39 is 0 Å². The molecule has 2 rings (SSSR count). The van der Waals surface area contributed by atoms with Crippen LogP contribution in [0.25, 0.3) is 0 Å². The van der Waals surface area contributed by atoms with Crippen LogP contribution in [0.15, 0.2) is 36.7 Å². The van der Waals surface area contributed by atoms with Crippen LogP contribution in [0.1, 0.15) is 15.9 Å². The van der Waals surface area contributed by atoms with Crippen LogP contribution in [0, 0.1) is 9.28 Å². The fourth-order valence-corrected chi connectivity index (χ4v) is 1.80. The maximum Gasteiger partial charge on any atom is 0.198 e. The summed E-state index contributed by atoms with van der Waals surface area (Å²) >= 11 is 10.1. The Balaban J connectivity index is 2.57. The quantitative estimate of drug-likeness (QED) is 0.634. The molecule has 2 aromatic rings. The van der Waals surface area contributed by atoms with Crippen molar-refractivity contribution in [3.63, 3.8) is 0 Å². The summed E-state index contributed by atoms with van der Waals surface area (Å²) in [6, 6.07) is 6.84. The van der Waals surface area contributed by atoms with Gasteiger partial charge in [-0.2, -0.15) is 0 Å². The molecule has 3 nitrogen and oxygen atoms in total. The van der Waals surface area contributed by atoms with Crippen molar-refractivity contribution >= 4 is 30.2 Å². The second-order valence-corrected chi connectivity index (χ2v) is 3.97. The number of hydrogen-bond acceptors (Lipinski definition) is 3. The van der Waals surface area contributed by atoms with E-state index in [9.17, 15) is 4.79 Å². The molecule has 0 aliphatic carbocycles. The van der Waals surface area contributed by atoms with E-state index in [1.165, 1.54) is 0 Å². The summed E-state index contributed by atoms with van der Waals surface area (Å²) in [5.41, 5.74) is 0.923. The first kappa shape index (κ1) is 10.9. The maximum absolute atomic E-state index is 12.1. The van der Waals surface area contributed by atoms with Crippen LogP contribution >= 0.6 is 24.4 Å². The molecule has 16 heavy (non-hydrogen) atoms. The number of nitrogens with one attached hydrogen (secondary N) is 2. The molecule has 0 atom stereocenters. The van der Waals surface area contributed by atoms with E-state index in [1.807, 2.05) is 0 Å². The first-order valence-corrected chi connectivity index (χ1v) is 5.42. The minimum Gasteiger partial charge on any atom is -0.352 e. The number of rotatable bonds is 2. The van der Waals surface area contributed by atoms with Crippen LogP contribution in [-0.4, -0.2) is 15.8 Å². The predicted octanol–water partition coefficient (Wildman–Crippen LogP) is 3.03. The summed E-state index contributed by atoms with van der Waals surface area (Å²) in [4.78, 5) is 17.8. The van der Waals surface area contributed by atoms with Gasteiger partial charge in [-0.1, -0.05) is 24.4 Å². The zero-order chi connectivity index (χ0) is 11.5. The minimum absolute atomic E-state index is 0.163. The zero-order valence-corrected chi connectivity index (χ0v) is 9.82. The maximum atomic E-state index is 12.1. The second-order valence-electron chi connectivity index (χ2n) is 3.15. The molecule has 2 heterocycles. The number of carbonyl (C=O) groups excluding carboxylic acids is 1. The molecule has 80 valence electrons. The molecule has 0 saturated carbocycles. The molecular weight excluding hydrogens is 240 g/mol. The van der Waals surface area contributed by atoms with Crippen molar-refractivity contribution in [2.24, 2.45) is 0 Å². The third kappa shape index (κ3) is 2.00. The molecule has 0 radical (unpaired) electrons. The van der Waals surface area contributed by atoms with Crippen LogP contribution in [0.3, 0.4) is 0 Å². The standard InChI is InChI=1S/C11H8N2OS2/c14-9(7-3-1-5-12-10(7)15)8-4-2-6-13-11(8)16/h1-6H,(H,12,15)(H,13,16). The Kier molecular flexibility index (Phi) is 3.07. The molecule has 0 aromatic carbocycles. The van der Waals surface area contributed by atoms with E-state index in [2.05, 4.69) is 9.97 Å². The third-order valence-electron chi connectivity index (χ3n) is 2.13. The Bertz CT molecular complexity index is 587. The first-order valence-electron chi connectivity index (χ1n) is 4.60. The summed E-state index contributed by atoms with van der Waals surface area (Å²) in [6.07, 6.45) is 3.37. The van der Waals surface area contributed by atoms with E-state index in [-0.39, 0.29) is 5.78 Å². The van der Waals surface area contributed by atoms with Gasteiger partial charge in [0, 0.05) is 12.4 Å². The van der Waals surface area contributed by atoms with Crippen molar-refractivity contribution in [3.05, 3.63) is 57.1 Å². The highest BCUT2D eigenvalue weighted by Gasteiger charge is 2.11. The van der Waals surface area contributed by atoms with Crippen molar-refractivity contribution in [3.8, 4) is 0 Å². The topological polar surface area (TPSA) is 48.6 Å². The summed E-state index contributed by atoms with van der Waals surface area (Å²) in [5, 5.41) is 0. The highest BCUT2D eigenvalue weighted by molar-refractivity contribution is 7.71. The molecule has 0 bridgehead atoms. The molecule has 0 unspecified atom stereocenters. The number of aromatic nitrogens is 2. The lowest BCUT2D eigenvalue weighted by molar-refractivity contribution is 0.103. The molecule has 2 N–H and O–H groups in total. The van der Waals surface area contributed by atoms with E-state index >= 15 is 0 Å². The van der Waals surface area contributed by atoms with Crippen molar-refractivity contribution < 1.29 is 4.79 Å². The Morgan fingerprint density at radius 2 is 1.38 bits per heavy atom. The molecule has 5 heteroatoms. The van der Waals surface area contributed by atoms with Gasteiger partial charge in [0.15, 0.2) is 5.78 Å². The molecular formula is C11H8N2OS2. The third-order valence-corrected chi connectivity index (χ3v) is 2.80. The van der Waals surface area contributed by atoms with Crippen molar-refractivity contribution in [1.82, 2.24) is 9.97 Å². The van der Waals surface area contributed by atoms with Gasteiger partial charge in [0.2, 0.25) is 0 Å². The summed E-state index contributed by atoms with van der Waals surface area (Å²) in [7, 11) is 0. The van der Waals surface area contributed by atoms with Crippen LogP contribution in [0.5, 0.6) is 0 Å². The number of carbonyl (C=O) groups is 1. The highest BCUT2D eigenvalue weighted by atomic mass is 32.1. The van der Waals surface area contributed by atoms with Gasteiger partial charge in [0.05, 0.1) is 11.1 Å². The number of pyridine rings is 2. The molecule has 0 amide bonds. The summed E-state index contributed by atoms with van der Waals surface area (Å²) in [5.74, 6) is -0.163. The number of ketones is 1. The Morgan fingerprint density at radius 1 is 0.938 bits per heavy atom. The monoisotopic (exact) mass is 248 g/mol. The smallest absolute Gasteiger partial charge is 0.198 e. The normalized spacial score (nSPS) is 10.0. The van der Waals surface area contributed by atoms with Crippen LogP contribution in [-0.2, 0) is 0 Å². The number of H-pyrrole nitrogens is 2. The Hall–Kier alpha value is -1.59. The molecule has 0 fully saturated rings. The van der Waals surface area contributed by atoms with Crippen molar-refractivity contribution in [2.75, 3.05) is 0 Å².